The Labute approximate surface area is 175 Å². The molecule has 0 bridgehead atoms. The van der Waals surface area contributed by atoms with Crippen molar-refractivity contribution in [2.24, 2.45) is 0 Å². The van der Waals surface area contributed by atoms with Crippen molar-refractivity contribution in [2.75, 3.05) is 6.54 Å². The van der Waals surface area contributed by atoms with Crippen molar-refractivity contribution in [1.82, 2.24) is 25.5 Å². The van der Waals surface area contributed by atoms with Gasteiger partial charge in [0.25, 0.3) is 0 Å². The van der Waals surface area contributed by atoms with Crippen molar-refractivity contribution in [3.8, 4) is 28.4 Å². The quantitative estimate of drug-likeness (QED) is 0.402. The zero-order chi connectivity index (χ0) is 20.7. The summed E-state index contributed by atoms with van der Waals surface area (Å²) in [5.41, 5.74) is 7.41. The SMILES string of the molecule is CCc1cc(O)ccc1-c1ccc2c(-c3ncc(C4=CC[C@H](C)NC4)[nH]3)n[nH]c2c1. The van der Waals surface area contributed by atoms with E-state index < -0.39 is 0 Å². The fourth-order valence-corrected chi connectivity index (χ4v) is 4.09. The second-order valence-corrected chi connectivity index (χ2v) is 7.92. The maximum Gasteiger partial charge on any atom is 0.159 e. The van der Waals surface area contributed by atoms with Gasteiger partial charge in [0.2, 0.25) is 0 Å². The third-order valence-electron chi connectivity index (χ3n) is 5.85. The van der Waals surface area contributed by atoms with Gasteiger partial charge in [-0.3, -0.25) is 5.10 Å². The Kier molecular flexibility index (Phi) is 4.64. The summed E-state index contributed by atoms with van der Waals surface area (Å²) in [6, 6.07) is 12.3. The molecule has 0 saturated heterocycles. The number of phenols is 1. The number of aromatic amines is 2. The summed E-state index contributed by atoms with van der Waals surface area (Å²) >= 11 is 0. The Morgan fingerprint density at radius 1 is 1.17 bits per heavy atom. The van der Waals surface area contributed by atoms with Crippen LogP contribution in [-0.2, 0) is 6.42 Å². The minimum atomic E-state index is 0.298. The van der Waals surface area contributed by atoms with Crippen molar-refractivity contribution in [3.05, 3.63) is 59.9 Å². The molecule has 0 aliphatic carbocycles. The maximum absolute atomic E-state index is 9.79. The fraction of sp³-hybridized carbons (Fsp3) is 0.250. The summed E-state index contributed by atoms with van der Waals surface area (Å²) in [5, 5.41) is 22.0. The van der Waals surface area contributed by atoms with Crippen molar-refractivity contribution < 1.29 is 5.11 Å². The van der Waals surface area contributed by atoms with Crippen molar-refractivity contribution in [2.45, 2.75) is 32.7 Å². The van der Waals surface area contributed by atoms with E-state index in [1.165, 1.54) is 5.57 Å². The Morgan fingerprint density at radius 2 is 2.07 bits per heavy atom. The van der Waals surface area contributed by atoms with E-state index >= 15 is 0 Å². The molecule has 0 unspecified atom stereocenters. The molecular weight excluding hydrogens is 374 g/mol. The highest BCUT2D eigenvalue weighted by Crippen LogP contribution is 2.32. The number of benzene rings is 2. The van der Waals surface area contributed by atoms with Gasteiger partial charge in [-0.15, -0.1) is 0 Å². The third-order valence-corrected chi connectivity index (χ3v) is 5.85. The van der Waals surface area contributed by atoms with Crippen LogP contribution in [0.1, 0.15) is 31.5 Å². The topological polar surface area (TPSA) is 89.6 Å². The number of H-pyrrole nitrogens is 2. The predicted octanol–water partition coefficient (Wildman–Crippen LogP) is 4.65. The highest BCUT2D eigenvalue weighted by Gasteiger charge is 2.16. The maximum atomic E-state index is 9.79. The number of phenolic OH excluding ortho intramolecular Hbond substituents is 1. The highest BCUT2D eigenvalue weighted by molar-refractivity contribution is 5.94. The van der Waals surface area contributed by atoms with Crippen LogP contribution in [0.25, 0.3) is 39.1 Å². The molecule has 6 heteroatoms. The van der Waals surface area contributed by atoms with E-state index in [0.29, 0.717) is 11.8 Å². The van der Waals surface area contributed by atoms with Gasteiger partial charge in [-0.05, 0) is 66.3 Å². The molecule has 5 rings (SSSR count). The Balaban J connectivity index is 1.50. The average Bonchev–Trinajstić information content (AvgIpc) is 3.40. The number of hydrogen-bond acceptors (Lipinski definition) is 4. The number of aryl methyl sites for hydroxylation is 1. The largest absolute Gasteiger partial charge is 0.508 e. The van der Waals surface area contributed by atoms with Crippen molar-refractivity contribution >= 4 is 16.5 Å². The van der Waals surface area contributed by atoms with Gasteiger partial charge in [-0.1, -0.05) is 25.1 Å². The number of aromatic nitrogens is 4. The lowest BCUT2D eigenvalue weighted by Crippen LogP contribution is -2.30. The molecule has 0 spiro atoms. The standard InChI is InChI=1S/C24H25N5O/c1-3-15-10-18(30)7-9-19(15)16-6-8-20-21(11-16)28-29-23(20)24-26-13-22(27-24)17-5-4-14(2)25-12-17/h5-11,13-14,25,30H,3-4,12H2,1-2H3,(H,26,27)(H,28,29)/t14-/m0/s1. The van der Waals surface area contributed by atoms with E-state index in [-0.39, 0.29) is 0 Å². The fourth-order valence-electron chi connectivity index (χ4n) is 4.09. The van der Waals surface area contributed by atoms with E-state index in [4.69, 9.17) is 0 Å². The molecule has 3 heterocycles. The van der Waals surface area contributed by atoms with Crippen LogP contribution in [0, 0.1) is 0 Å². The zero-order valence-corrected chi connectivity index (χ0v) is 17.2. The minimum absolute atomic E-state index is 0.298. The first-order valence-electron chi connectivity index (χ1n) is 10.4. The van der Waals surface area contributed by atoms with Crippen LogP contribution >= 0.6 is 0 Å². The lowest BCUT2D eigenvalue weighted by Gasteiger charge is -2.19. The van der Waals surface area contributed by atoms with Crippen LogP contribution in [0.15, 0.2) is 48.7 Å². The summed E-state index contributed by atoms with van der Waals surface area (Å²) in [7, 11) is 0. The molecule has 1 atom stereocenters. The Bertz CT molecular complexity index is 1250. The Morgan fingerprint density at radius 3 is 2.87 bits per heavy atom. The molecule has 0 amide bonds. The number of hydrogen-bond donors (Lipinski definition) is 4. The van der Waals surface area contributed by atoms with Crippen molar-refractivity contribution in [1.29, 1.82) is 0 Å². The second kappa shape index (κ2) is 7.46. The van der Waals surface area contributed by atoms with Crippen LogP contribution in [0.5, 0.6) is 5.75 Å². The summed E-state index contributed by atoms with van der Waals surface area (Å²) in [5.74, 6) is 1.06. The van der Waals surface area contributed by atoms with Crippen LogP contribution in [0.3, 0.4) is 0 Å². The first-order valence-corrected chi connectivity index (χ1v) is 10.4. The van der Waals surface area contributed by atoms with E-state index in [1.807, 2.05) is 18.3 Å². The molecule has 0 saturated carbocycles. The van der Waals surface area contributed by atoms with Gasteiger partial charge in [0.05, 0.1) is 17.4 Å². The van der Waals surface area contributed by atoms with E-state index in [0.717, 1.165) is 64.2 Å². The molecule has 30 heavy (non-hydrogen) atoms. The summed E-state index contributed by atoms with van der Waals surface area (Å²) < 4.78 is 0. The third kappa shape index (κ3) is 3.29. The number of fused-ring (bicyclic) bond motifs is 1. The minimum Gasteiger partial charge on any atom is -0.508 e. The molecule has 4 N–H and O–H groups in total. The van der Waals surface area contributed by atoms with Gasteiger partial charge in [-0.25, -0.2) is 4.98 Å². The zero-order valence-electron chi connectivity index (χ0n) is 17.2. The lowest BCUT2D eigenvalue weighted by molar-refractivity contribution is 0.474. The number of aromatic hydroxyl groups is 1. The van der Waals surface area contributed by atoms with E-state index in [1.54, 1.807) is 6.07 Å². The molecule has 0 fully saturated rings. The van der Waals surface area contributed by atoms with Crippen LogP contribution in [-0.4, -0.2) is 37.9 Å². The molecule has 6 nitrogen and oxygen atoms in total. The summed E-state index contributed by atoms with van der Waals surface area (Å²) in [6.07, 6.45) is 6.04. The molecule has 4 aromatic rings. The normalized spacial score (nSPS) is 16.7. The lowest BCUT2D eigenvalue weighted by atomic mass is 9.97. The Hall–Kier alpha value is -3.38. The first-order chi connectivity index (χ1) is 14.6. The van der Waals surface area contributed by atoms with Gasteiger partial charge >= 0.3 is 0 Å². The second-order valence-electron chi connectivity index (χ2n) is 7.92. The van der Waals surface area contributed by atoms with Gasteiger partial charge in [0.1, 0.15) is 11.4 Å². The first kappa shape index (κ1) is 18.6. The number of rotatable bonds is 4. The average molecular weight is 399 g/mol. The van der Waals surface area contributed by atoms with E-state index in [9.17, 15) is 5.11 Å². The van der Waals surface area contributed by atoms with Gasteiger partial charge in [-0.2, -0.15) is 5.10 Å². The highest BCUT2D eigenvalue weighted by atomic mass is 16.3. The number of imidazole rings is 1. The predicted molar refractivity (Wildman–Crippen MR) is 120 cm³/mol. The number of nitrogens with zero attached hydrogens (tertiary/aromatic N) is 2. The smallest absolute Gasteiger partial charge is 0.159 e. The summed E-state index contributed by atoms with van der Waals surface area (Å²) in [6.45, 7) is 5.13. The molecular formula is C24H25N5O. The molecule has 0 radical (unpaired) electrons. The molecule has 1 aliphatic rings. The van der Waals surface area contributed by atoms with Gasteiger partial charge in [0, 0.05) is 18.0 Å². The molecule has 152 valence electrons. The van der Waals surface area contributed by atoms with Crippen molar-refractivity contribution in [3.63, 3.8) is 0 Å². The molecule has 2 aromatic carbocycles. The number of nitrogens with one attached hydrogen (secondary N) is 3. The molecule has 2 aromatic heterocycles. The summed E-state index contributed by atoms with van der Waals surface area (Å²) in [4.78, 5) is 8.02. The van der Waals surface area contributed by atoms with Gasteiger partial charge in [0.15, 0.2) is 5.82 Å². The molecule has 1 aliphatic heterocycles. The van der Waals surface area contributed by atoms with E-state index in [2.05, 4.69) is 63.6 Å². The van der Waals surface area contributed by atoms with Gasteiger partial charge < -0.3 is 15.4 Å². The van der Waals surface area contributed by atoms with Crippen LogP contribution in [0.2, 0.25) is 0 Å². The van der Waals surface area contributed by atoms with Crippen LogP contribution in [0.4, 0.5) is 0 Å². The van der Waals surface area contributed by atoms with Crippen LogP contribution < -0.4 is 5.32 Å². The monoisotopic (exact) mass is 399 g/mol.